The number of amides is 4. The lowest BCUT2D eigenvalue weighted by molar-refractivity contribution is -0.133. The van der Waals surface area contributed by atoms with Gasteiger partial charge < -0.3 is 10.6 Å². The molecule has 148 valence electrons. The Balaban J connectivity index is 1.90. The minimum absolute atomic E-state index is 0.272. The van der Waals surface area contributed by atoms with Crippen LogP contribution in [0, 0.1) is 0 Å². The van der Waals surface area contributed by atoms with Crippen molar-refractivity contribution in [1.29, 1.82) is 0 Å². The molecule has 0 bridgehead atoms. The molecule has 1 saturated heterocycles. The van der Waals surface area contributed by atoms with Crippen LogP contribution in [-0.2, 0) is 16.0 Å². The Morgan fingerprint density at radius 1 is 1.07 bits per heavy atom. The fraction of sp³-hybridized carbons (Fsp3) is 0.571. The lowest BCUT2D eigenvalue weighted by Gasteiger charge is -2.21. The number of hydrogen-bond donors (Lipinski definition) is 2. The predicted molar refractivity (Wildman–Crippen MR) is 106 cm³/mol. The first kappa shape index (κ1) is 20.9. The SMILES string of the molecule is CCCCCCC1(C)NC(=O)N(CC(=O)Nc2ccc(CCC)cc2)C1=O. The number of unbranched alkanes of at least 4 members (excludes halogenated alkanes) is 3. The zero-order valence-corrected chi connectivity index (χ0v) is 16.6. The summed E-state index contributed by atoms with van der Waals surface area (Å²) in [5, 5.41) is 5.51. The average Bonchev–Trinajstić information content (AvgIpc) is 2.84. The number of anilines is 1. The standard InChI is InChI=1S/C21H31N3O3/c1-4-6-7-8-14-21(3)19(26)24(20(27)23-21)15-18(25)22-17-12-10-16(9-5-2)11-13-17/h10-13H,4-9,14-15H2,1-3H3,(H,22,25)(H,23,27). The summed E-state index contributed by atoms with van der Waals surface area (Å²) in [4.78, 5) is 38.2. The molecule has 0 radical (unpaired) electrons. The molecule has 6 nitrogen and oxygen atoms in total. The topological polar surface area (TPSA) is 78.5 Å². The highest BCUT2D eigenvalue weighted by atomic mass is 16.2. The number of carbonyl (C=O) groups is 3. The van der Waals surface area contributed by atoms with Gasteiger partial charge in [-0.25, -0.2) is 4.79 Å². The Labute approximate surface area is 161 Å². The molecule has 1 aliphatic rings. The van der Waals surface area contributed by atoms with E-state index >= 15 is 0 Å². The molecule has 0 spiro atoms. The lowest BCUT2D eigenvalue weighted by atomic mass is 9.94. The predicted octanol–water partition coefficient (Wildman–Crippen LogP) is 3.86. The Bertz CT molecular complexity index is 672. The summed E-state index contributed by atoms with van der Waals surface area (Å²) in [5.41, 5.74) is 0.963. The molecule has 1 atom stereocenters. The molecule has 4 amide bonds. The van der Waals surface area contributed by atoms with E-state index in [0.29, 0.717) is 12.1 Å². The average molecular weight is 373 g/mol. The van der Waals surface area contributed by atoms with Crippen LogP contribution in [0.3, 0.4) is 0 Å². The van der Waals surface area contributed by atoms with Gasteiger partial charge in [0.1, 0.15) is 12.1 Å². The number of nitrogens with zero attached hydrogens (tertiary/aromatic N) is 1. The highest BCUT2D eigenvalue weighted by molar-refractivity contribution is 6.09. The summed E-state index contributed by atoms with van der Waals surface area (Å²) >= 11 is 0. The molecular weight excluding hydrogens is 342 g/mol. The van der Waals surface area contributed by atoms with Crippen LogP contribution in [0.1, 0.15) is 64.9 Å². The van der Waals surface area contributed by atoms with E-state index in [1.165, 1.54) is 5.56 Å². The molecule has 2 rings (SSSR count). The summed E-state index contributed by atoms with van der Waals surface area (Å²) in [6.07, 6.45) is 6.78. The van der Waals surface area contributed by atoms with Crippen molar-refractivity contribution in [3.63, 3.8) is 0 Å². The third kappa shape index (κ3) is 5.55. The molecule has 1 aromatic carbocycles. The molecule has 1 fully saturated rings. The maximum Gasteiger partial charge on any atom is 0.325 e. The number of benzene rings is 1. The lowest BCUT2D eigenvalue weighted by Crippen LogP contribution is -2.44. The van der Waals surface area contributed by atoms with Crippen molar-refractivity contribution < 1.29 is 14.4 Å². The first-order valence-corrected chi connectivity index (χ1v) is 9.92. The molecule has 0 aliphatic carbocycles. The van der Waals surface area contributed by atoms with E-state index in [9.17, 15) is 14.4 Å². The van der Waals surface area contributed by atoms with Gasteiger partial charge in [0.2, 0.25) is 5.91 Å². The van der Waals surface area contributed by atoms with Gasteiger partial charge in [-0.3, -0.25) is 14.5 Å². The second-order valence-corrected chi connectivity index (χ2v) is 7.46. The molecule has 0 saturated carbocycles. The van der Waals surface area contributed by atoms with Crippen LogP contribution >= 0.6 is 0 Å². The number of carbonyl (C=O) groups excluding carboxylic acids is 3. The highest BCUT2D eigenvalue weighted by Gasteiger charge is 2.47. The minimum atomic E-state index is -0.910. The van der Waals surface area contributed by atoms with Gasteiger partial charge in [0.25, 0.3) is 5.91 Å². The van der Waals surface area contributed by atoms with Gasteiger partial charge in [0.15, 0.2) is 0 Å². The van der Waals surface area contributed by atoms with Gasteiger partial charge in [-0.15, -0.1) is 0 Å². The largest absolute Gasteiger partial charge is 0.325 e. The van der Waals surface area contributed by atoms with E-state index in [0.717, 1.165) is 43.4 Å². The zero-order chi connectivity index (χ0) is 19.9. The zero-order valence-electron chi connectivity index (χ0n) is 16.6. The first-order valence-electron chi connectivity index (χ1n) is 9.92. The van der Waals surface area contributed by atoms with Crippen LogP contribution in [0.15, 0.2) is 24.3 Å². The molecule has 6 heteroatoms. The number of aryl methyl sites for hydroxylation is 1. The van der Waals surface area contributed by atoms with Crippen molar-refractivity contribution in [3.05, 3.63) is 29.8 Å². The van der Waals surface area contributed by atoms with E-state index in [4.69, 9.17) is 0 Å². The maximum atomic E-state index is 12.7. The van der Waals surface area contributed by atoms with Gasteiger partial charge in [-0.1, -0.05) is 58.1 Å². The van der Waals surface area contributed by atoms with Crippen LogP contribution in [0.5, 0.6) is 0 Å². The molecule has 1 heterocycles. The van der Waals surface area contributed by atoms with E-state index in [1.807, 2.05) is 24.3 Å². The number of hydrogen-bond acceptors (Lipinski definition) is 3. The summed E-state index contributed by atoms with van der Waals surface area (Å²) in [7, 11) is 0. The molecule has 1 aromatic rings. The van der Waals surface area contributed by atoms with Crippen molar-refractivity contribution in [3.8, 4) is 0 Å². The minimum Gasteiger partial charge on any atom is -0.325 e. The Kier molecular flexibility index (Phi) is 7.39. The van der Waals surface area contributed by atoms with E-state index in [2.05, 4.69) is 24.5 Å². The Hall–Kier alpha value is -2.37. The molecule has 0 aromatic heterocycles. The fourth-order valence-electron chi connectivity index (χ4n) is 3.35. The fourth-order valence-corrected chi connectivity index (χ4v) is 3.35. The summed E-state index contributed by atoms with van der Waals surface area (Å²) in [6.45, 7) is 5.71. The van der Waals surface area contributed by atoms with Gasteiger partial charge in [-0.05, 0) is 37.5 Å². The monoisotopic (exact) mass is 373 g/mol. The normalized spacial score (nSPS) is 19.3. The van der Waals surface area contributed by atoms with Crippen LogP contribution in [0.25, 0.3) is 0 Å². The summed E-state index contributed by atoms with van der Waals surface area (Å²) in [5.74, 6) is -0.700. The highest BCUT2D eigenvalue weighted by Crippen LogP contribution is 2.24. The van der Waals surface area contributed by atoms with Gasteiger partial charge >= 0.3 is 6.03 Å². The van der Waals surface area contributed by atoms with Crippen molar-refractivity contribution in [1.82, 2.24) is 10.2 Å². The Morgan fingerprint density at radius 2 is 1.78 bits per heavy atom. The summed E-state index contributed by atoms with van der Waals surface area (Å²) in [6, 6.07) is 7.13. The third-order valence-corrected chi connectivity index (χ3v) is 4.95. The molecule has 1 unspecified atom stereocenters. The smallest absolute Gasteiger partial charge is 0.325 e. The Morgan fingerprint density at radius 3 is 2.41 bits per heavy atom. The summed E-state index contributed by atoms with van der Waals surface area (Å²) < 4.78 is 0. The van der Waals surface area contributed by atoms with Gasteiger partial charge in [-0.2, -0.15) is 0 Å². The van der Waals surface area contributed by atoms with E-state index < -0.39 is 11.6 Å². The maximum absolute atomic E-state index is 12.7. The van der Waals surface area contributed by atoms with Crippen molar-refractivity contribution >= 4 is 23.5 Å². The quantitative estimate of drug-likeness (QED) is 0.483. The molecule has 2 N–H and O–H groups in total. The van der Waals surface area contributed by atoms with Crippen molar-refractivity contribution in [2.45, 2.75) is 71.3 Å². The first-order chi connectivity index (χ1) is 12.9. The number of imide groups is 1. The van der Waals surface area contributed by atoms with E-state index in [-0.39, 0.29) is 18.4 Å². The second-order valence-electron chi connectivity index (χ2n) is 7.46. The van der Waals surface area contributed by atoms with Gasteiger partial charge in [0.05, 0.1) is 0 Å². The molecular formula is C21H31N3O3. The van der Waals surface area contributed by atoms with Crippen LogP contribution in [0.4, 0.5) is 10.5 Å². The third-order valence-electron chi connectivity index (χ3n) is 4.95. The number of nitrogens with one attached hydrogen (secondary N) is 2. The van der Waals surface area contributed by atoms with Crippen LogP contribution in [-0.4, -0.2) is 34.8 Å². The molecule has 1 aliphatic heterocycles. The van der Waals surface area contributed by atoms with Crippen molar-refractivity contribution in [2.24, 2.45) is 0 Å². The number of urea groups is 1. The number of rotatable bonds is 10. The molecule has 27 heavy (non-hydrogen) atoms. The van der Waals surface area contributed by atoms with Gasteiger partial charge in [0, 0.05) is 5.69 Å². The van der Waals surface area contributed by atoms with E-state index in [1.54, 1.807) is 6.92 Å². The second kappa shape index (κ2) is 9.53. The van der Waals surface area contributed by atoms with Crippen LogP contribution < -0.4 is 10.6 Å². The van der Waals surface area contributed by atoms with Crippen LogP contribution in [0.2, 0.25) is 0 Å². The van der Waals surface area contributed by atoms with Crippen molar-refractivity contribution in [2.75, 3.05) is 11.9 Å².